The number of hydrogen-bond acceptors (Lipinski definition) is 3. The van der Waals surface area contributed by atoms with Crippen molar-refractivity contribution in [3.63, 3.8) is 0 Å². The molecule has 1 amide bonds. The molecule has 0 radical (unpaired) electrons. The van der Waals surface area contributed by atoms with Crippen LogP contribution < -0.4 is 0 Å². The summed E-state index contributed by atoms with van der Waals surface area (Å²) in [5, 5.41) is 5.36. The average Bonchev–Trinajstić information content (AvgIpc) is 3.07. The highest BCUT2D eigenvalue weighted by Gasteiger charge is 2.29. The maximum absolute atomic E-state index is 13.4. The lowest BCUT2D eigenvalue weighted by molar-refractivity contribution is 0.0674. The van der Waals surface area contributed by atoms with E-state index in [2.05, 4.69) is 40.0 Å². The molecule has 1 aliphatic heterocycles. The van der Waals surface area contributed by atoms with E-state index in [0.717, 1.165) is 42.5 Å². The maximum Gasteiger partial charge on any atom is 0.256 e. The van der Waals surface area contributed by atoms with Gasteiger partial charge >= 0.3 is 0 Å². The van der Waals surface area contributed by atoms with E-state index in [1.807, 2.05) is 24.9 Å². The number of hydrogen-bond donors (Lipinski definition) is 0. The molecular weight excluding hydrogens is 326 g/mol. The van der Waals surface area contributed by atoms with Crippen LogP contribution in [0.5, 0.6) is 0 Å². The topological polar surface area (TPSA) is 56.0 Å². The minimum atomic E-state index is 0.0655. The van der Waals surface area contributed by atoms with Crippen LogP contribution in [0.3, 0.4) is 0 Å². The van der Waals surface area contributed by atoms with Gasteiger partial charge < -0.3 is 9.47 Å². The number of pyridine rings is 1. The fourth-order valence-corrected chi connectivity index (χ4v) is 4.07. The normalized spacial score (nSPS) is 18.3. The summed E-state index contributed by atoms with van der Waals surface area (Å²) in [7, 11) is 3.93. The largest absolute Gasteiger partial charge is 0.353 e. The van der Waals surface area contributed by atoms with Gasteiger partial charge in [-0.2, -0.15) is 5.10 Å². The van der Waals surface area contributed by atoms with Gasteiger partial charge in [-0.15, -0.1) is 0 Å². The van der Waals surface area contributed by atoms with E-state index in [1.165, 1.54) is 12.1 Å². The Bertz CT molecular complexity index is 954. The summed E-state index contributed by atoms with van der Waals surface area (Å²) in [5.41, 5.74) is 3.56. The minimum Gasteiger partial charge on any atom is -0.353 e. The monoisotopic (exact) mass is 351 g/mol. The Kier molecular flexibility index (Phi) is 4.26. The lowest BCUT2D eigenvalue weighted by atomic mass is 10.1. The number of aromatic nitrogens is 4. The summed E-state index contributed by atoms with van der Waals surface area (Å²) in [6, 6.07) is 6.24. The van der Waals surface area contributed by atoms with Gasteiger partial charge in [0.2, 0.25) is 0 Å². The Labute approximate surface area is 153 Å². The Balaban J connectivity index is 1.72. The van der Waals surface area contributed by atoms with Crippen LogP contribution in [-0.4, -0.2) is 36.7 Å². The average molecular weight is 351 g/mol. The lowest BCUT2D eigenvalue weighted by Crippen LogP contribution is -2.35. The number of carbonyl (C=O) groups excluding carboxylic acids is 1. The van der Waals surface area contributed by atoms with Crippen LogP contribution in [-0.2, 0) is 14.1 Å². The summed E-state index contributed by atoms with van der Waals surface area (Å²) in [4.78, 5) is 19.9. The Morgan fingerprint density at radius 3 is 2.85 bits per heavy atom. The van der Waals surface area contributed by atoms with Crippen LogP contribution in [0.4, 0.5) is 0 Å². The van der Waals surface area contributed by atoms with Crippen molar-refractivity contribution in [3.8, 4) is 0 Å². The van der Waals surface area contributed by atoms with E-state index >= 15 is 0 Å². The van der Waals surface area contributed by atoms with Crippen LogP contribution >= 0.6 is 0 Å². The van der Waals surface area contributed by atoms with Crippen molar-refractivity contribution in [3.05, 3.63) is 47.5 Å². The van der Waals surface area contributed by atoms with Gasteiger partial charge in [0.15, 0.2) is 5.65 Å². The second-order valence-corrected chi connectivity index (χ2v) is 7.21. The van der Waals surface area contributed by atoms with Crippen LogP contribution in [0.15, 0.2) is 30.6 Å². The van der Waals surface area contributed by atoms with Crippen LogP contribution in [0, 0.1) is 6.92 Å². The van der Waals surface area contributed by atoms with E-state index in [0.29, 0.717) is 5.56 Å². The molecule has 0 saturated carbocycles. The first kappa shape index (κ1) is 16.8. The molecule has 4 rings (SSSR count). The molecule has 0 bridgehead atoms. The fourth-order valence-electron chi connectivity index (χ4n) is 4.07. The smallest absolute Gasteiger partial charge is 0.256 e. The van der Waals surface area contributed by atoms with E-state index in [4.69, 9.17) is 0 Å². The second-order valence-electron chi connectivity index (χ2n) is 7.21. The van der Waals surface area contributed by atoms with Gasteiger partial charge in [-0.3, -0.25) is 9.48 Å². The third-order valence-corrected chi connectivity index (χ3v) is 5.45. The zero-order valence-corrected chi connectivity index (χ0v) is 15.6. The van der Waals surface area contributed by atoms with Crippen LogP contribution in [0.2, 0.25) is 0 Å². The third-order valence-electron chi connectivity index (χ3n) is 5.45. The van der Waals surface area contributed by atoms with Gasteiger partial charge in [0.1, 0.15) is 0 Å². The molecule has 136 valence electrons. The molecule has 6 nitrogen and oxygen atoms in total. The Morgan fingerprint density at radius 1 is 1.23 bits per heavy atom. The van der Waals surface area contributed by atoms with Crippen molar-refractivity contribution in [1.29, 1.82) is 0 Å². The zero-order valence-electron chi connectivity index (χ0n) is 15.6. The molecule has 0 aromatic carbocycles. The molecule has 26 heavy (non-hydrogen) atoms. The summed E-state index contributed by atoms with van der Waals surface area (Å²) in [5.74, 6) is 0.0655. The van der Waals surface area contributed by atoms with Crippen molar-refractivity contribution in [2.75, 3.05) is 6.54 Å². The molecule has 4 heterocycles. The molecule has 1 fully saturated rings. The minimum absolute atomic E-state index is 0.0655. The molecule has 1 saturated heterocycles. The molecule has 0 N–H and O–H groups in total. The van der Waals surface area contributed by atoms with Crippen molar-refractivity contribution in [1.82, 2.24) is 24.2 Å². The summed E-state index contributed by atoms with van der Waals surface area (Å²) >= 11 is 0. The van der Waals surface area contributed by atoms with Gasteiger partial charge in [0.25, 0.3) is 5.91 Å². The maximum atomic E-state index is 13.4. The highest BCUT2D eigenvalue weighted by atomic mass is 16.2. The SMILES string of the molecule is Cc1nn(C)c2ncc(C(=O)N3CCCCCC3c3cccn3C)cc12. The number of amides is 1. The predicted molar refractivity (Wildman–Crippen MR) is 101 cm³/mol. The molecule has 1 unspecified atom stereocenters. The number of nitrogens with zero attached hydrogens (tertiary/aromatic N) is 5. The Hall–Kier alpha value is -2.63. The van der Waals surface area contributed by atoms with E-state index in [1.54, 1.807) is 10.9 Å². The molecule has 1 atom stereocenters. The molecule has 0 aliphatic carbocycles. The van der Waals surface area contributed by atoms with Gasteiger partial charge in [-0.1, -0.05) is 12.8 Å². The van der Waals surface area contributed by atoms with Gasteiger partial charge in [0, 0.05) is 44.1 Å². The number of likely N-dealkylation sites (tertiary alicyclic amines) is 1. The number of aryl methyl sites for hydroxylation is 3. The molecule has 1 aliphatic rings. The number of rotatable bonds is 2. The number of carbonyl (C=O) groups is 1. The quantitative estimate of drug-likeness (QED) is 0.711. The van der Waals surface area contributed by atoms with Crippen molar-refractivity contribution in [2.24, 2.45) is 14.1 Å². The lowest BCUT2D eigenvalue weighted by Gasteiger charge is -2.30. The first-order valence-corrected chi connectivity index (χ1v) is 9.28. The third kappa shape index (κ3) is 2.79. The van der Waals surface area contributed by atoms with E-state index in [9.17, 15) is 4.79 Å². The summed E-state index contributed by atoms with van der Waals surface area (Å²) in [6.07, 6.45) is 8.12. The molecule has 6 heteroatoms. The predicted octanol–water partition coefficient (Wildman–Crippen LogP) is 3.37. The molecule has 3 aromatic rings. The highest BCUT2D eigenvalue weighted by molar-refractivity contribution is 5.97. The highest BCUT2D eigenvalue weighted by Crippen LogP contribution is 2.31. The van der Waals surface area contributed by atoms with Gasteiger partial charge in [-0.25, -0.2) is 4.98 Å². The second kappa shape index (κ2) is 6.59. The summed E-state index contributed by atoms with van der Waals surface area (Å²) in [6.45, 7) is 2.75. The van der Waals surface area contributed by atoms with E-state index in [-0.39, 0.29) is 11.9 Å². The molecule has 0 spiro atoms. The van der Waals surface area contributed by atoms with Crippen LogP contribution in [0.1, 0.15) is 53.5 Å². The Morgan fingerprint density at radius 2 is 2.08 bits per heavy atom. The number of fused-ring (bicyclic) bond motifs is 1. The van der Waals surface area contributed by atoms with Crippen molar-refractivity contribution >= 4 is 16.9 Å². The van der Waals surface area contributed by atoms with Crippen molar-refractivity contribution in [2.45, 2.75) is 38.6 Å². The first-order valence-electron chi connectivity index (χ1n) is 9.28. The van der Waals surface area contributed by atoms with Crippen LogP contribution in [0.25, 0.3) is 11.0 Å². The van der Waals surface area contributed by atoms with Gasteiger partial charge in [0.05, 0.1) is 17.3 Å². The molecular formula is C20H25N5O. The van der Waals surface area contributed by atoms with E-state index < -0.39 is 0 Å². The standard InChI is InChI=1S/C20H25N5O/c1-14-16-12-15(13-21-19(16)24(3)22-14)20(26)25-11-6-4-5-8-18(25)17-9-7-10-23(17)2/h7,9-10,12-13,18H,4-6,8,11H2,1-3H3. The van der Waals surface area contributed by atoms with Crippen molar-refractivity contribution < 1.29 is 4.79 Å². The summed E-state index contributed by atoms with van der Waals surface area (Å²) < 4.78 is 3.89. The first-order chi connectivity index (χ1) is 12.6. The molecule has 3 aromatic heterocycles. The van der Waals surface area contributed by atoms with Gasteiger partial charge in [-0.05, 0) is 38.0 Å². The fraction of sp³-hybridized carbons (Fsp3) is 0.450. The zero-order chi connectivity index (χ0) is 18.3.